The fourth-order valence-corrected chi connectivity index (χ4v) is 3.00. The molecule has 2 N–H and O–H groups in total. The van der Waals surface area contributed by atoms with Crippen LogP contribution in [0.4, 0.5) is 0 Å². The Kier molecular flexibility index (Phi) is 8.13. The second-order valence-electron chi connectivity index (χ2n) is 5.90. The smallest absolute Gasteiger partial charge is 0.228 e. The van der Waals surface area contributed by atoms with Crippen molar-refractivity contribution >= 4 is 29.9 Å². The molecule has 1 aliphatic rings. The molecule has 0 bridgehead atoms. The van der Waals surface area contributed by atoms with Gasteiger partial charge in [0.1, 0.15) is 0 Å². The largest absolute Gasteiger partial charge is 0.356 e. The average molecular weight is 421 g/mol. The number of aliphatic imine (C=N–C) groups is 1. The summed E-state index contributed by atoms with van der Waals surface area (Å²) in [5.74, 6) is 2.20. The first-order valence-corrected chi connectivity index (χ1v) is 7.91. The van der Waals surface area contributed by atoms with E-state index in [2.05, 4.69) is 32.7 Å². The molecule has 1 fully saturated rings. The van der Waals surface area contributed by atoms with Gasteiger partial charge in [0, 0.05) is 26.6 Å². The molecule has 0 spiro atoms. The molecule has 0 atom stereocenters. The lowest BCUT2D eigenvalue weighted by Crippen LogP contribution is -2.43. The molecule has 6 nitrogen and oxygen atoms in total. The summed E-state index contributed by atoms with van der Waals surface area (Å²) in [6, 6.07) is 0. The SMILES string of the molecule is CCC1(CNC(=NC)NCCc2nc(C)no2)CCCC1.I. The first kappa shape index (κ1) is 19.2. The Morgan fingerprint density at radius 2 is 2.05 bits per heavy atom. The standard InChI is InChI=1S/C15H27N5O.HI/c1-4-15(8-5-6-9-15)11-18-14(16-3)17-10-7-13-19-12(2)20-21-13;/h4-11H2,1-3H3,(H2,16,17,18);1H. The van der Waals surface area contributed by atoms with E-state index in [1.165, 1.54) is 32.1 Å². The normalized spacial score (nSPS) is 17.1. The fraction of sp³-hybridized carbons (Fsp3) is 0.800. The zero-order chi connectivity index (χ0) is 15.1. The number of nitrogens with zero attached hydrogens (tertiary/aromatic N) is 3. The van der Waals surface area contributed by atoms with Gasteiger partial charge in [-0.2, -0.15) is 4.98 Å². The lowest BCUT2D eigenvalue weighted by molar-refractivity contribution is 0.283. The minimum atomic E-state index is 0. The summed E-state index contributed by atoms with van der Waals surface area (Å²) in [7, 11) is 1.81. The summed E-state index contributed by atoms with van der Waals surface area (Å²) in [6.07, 6.45) is 7.32. The van der Waals surface area contributed by atoms with Crippen molar-refractivity contribution in [2.45, 2.75) is 52.4 Å². The van der Waals surface area contributed by atoms with Crippen molar-refractivity contribution in [3.63, 3.8) is 0 Å². The number of aromatic nitrogens is 2. The van der Waals surface area contributed by atoms with Crippen LogP contribution in [0, 0.1) is 12.3 Å². The molecule has 1 heterocycles. The van der Waals surface area contributed by atoms with Crippen LogP contribution in [-0.4, -0.2) is 36.2 Å². The topological polar surface area (TPSA) is 75.3 Å². The van der Waals surface area contributed by atoms with E-state index in [1.54, 1.807) is 7.05 Å². The molecule has 0 radical (unpaired) electrons. The minimum absolute atomic E-state index is 0. The van der Waals surface area contributed by atoms with Gasteiger partial charge in [-0.15, -0.1) is 24.0 Å². The quantitative estimate of drug-likeness (QED) is 0.420. The predicted octanol–water partition coefficient (Wildman–Crippen LogP) is 2.67. The first-order valence-electron chi connectivity index (χ1n) is 7.91. The maximum atomic E-state index is 5.09. The summed E-state index contributed by atoms with van der Waals surface area (Å²) in [5.41, 5.74) is 0.460. The number of guanidine groups is 1. The average Bonchev–Trinajstić information content (AvgIpc) is 3.12. The summed E-state index contributed by atoms with van der Waals surface area (Å²) >= 11 is 0. The Morgan fingerprint density at radius 1 is 1.32 bits per heavy atom. The van der Waals surface area contributed by atoms with Gasteiger partial charge >= 0.3 is 0 Å². The highest BCUT2D eigenvalue weighted by molar-refractivity contribution is 14.0. The summed E-state index contributed by atoms with van der Waals surface area (Å²) in [6.45, 7) is 5.86. The highest BCUT2D eigenvalue weighted by atomic mass is 127. The molecule has 1 saturated carbocycles. The Bertz CT molecular complexity index is 468. The molecule has 0 unspecified atom stereocenters. The van der Waals surface area contributed by atoms with E-state index in [9.17, 15) is 0 Å². The van der Waals surface area contributed by atoms with E-state index in [0.717, 1.165) is 19.0 Å². The Hall–Kier alpha value is -0.860. The highest BCUT2D eigenvalue weighted by Crippen LogP contribution is 2.40. The lowest BCUT2D eigenvalue weighted by atomic mass is 9.83. The molecule has 22 heavy (non-hydrogen) atoms. The number of aryl methyl sites for hydroxylation is 1. The Labute approximate surface area is 149 Å². The van der Waals surface area contributed by atoms with Crippen molar-refractivity contribution in [3.8, 4) is 0 Å². The molecule has 126 valence electrons. The third kappa shape index (κ3) is 5.40. The minimum Gasteiger partial charge on any atom is -0.356 e. The van der Waals surface area contributed by atoms with Crippen molar-refractivity contribution < 1.29 is 4.52 Å². The van der Waals surface area contributed by atoms with Gasteiger partial charge in [0.05, 0.1) is 0 Å². The van der Waals surface area contributed by atoms with E-state index >= 15 is 0 Å². The first-order chi connectivity index (χ1) is 10.2. The molecular formula is C15H28IN5O. The van der Waals surface area contributed by atoms with Gasteiger partial charge in [0.25, 0.3) is 0 Å². The van der Waals surface area contributed by atoms with E-state index in [0.29, 0.717) is 23.6 Å². The highest BCUT2D eigenvalue weighted by Gasteiger charge is 2.31. The van der Waals surface area contributed by atoms with Crippen molar-refractivity contribution in [2.24, 2.45) is 10.4 Å². The molecule has 0 aliphatic heterocycles. The molecule has 0 saturated heterocycles. The van der Waals surface area contributed by atoms with Crippen molar-refractivity contribution in [2.75, 3.05) is 20.1 Å². The van der Waals surface area contributed by atoms with Crippen LogP contribution in [0.15, 0.2) is 9.52 Å². The third-order valence-corrected chi connectivity index (χ3v) is 4.47. The van der Waals surface area contributed by atoms with Crippen LogP contribution in [-0.2, 0) is 6.42 Å². The zero-order valence-electron chi connectivity index (χ0n) is 13.8. The Morgan fingerprint density at radius 3 is 2.59 bits per heavy atom. The number of hydrogen-bond acceptors (Lipinski definition) is 4. The Balaban J connectivity index is 0.00000242. The van der Waals surface area contributed by atoms with Gasteiger partial charge in [-0.25, -0.2) is 0 Å². The van der Waals surface area contributed by atoms with Crippen LogP contribution in [0.3, 0.4) is 0 Å². The van der Waals surface area contributed by atoms with Crippen LogP contribution in [0.5, 0.6) is 0 Å². The van der Waals surface area contributed by atoms with E-state index in [4.69, 9.17) is 4.52 Å². The van der Waals surface area contributed by atoms with E-state index < -0.39 is 0 Å². The maximum Gasteiger partial charge on any atom is 0.228 e. The van der Waals surface area contributed by atoms with Crippen LogP contribution in [0.1, 0.15) is 50.7 Å². The van der Waals surface area contributed by atoms with Crippen molar-refractivity contribution in [1.82, 2.24) is 20.8 Å². The molecule has 1 aliphatic carbocycles. The van der Waals surface area contributed by atoms with Crippen molar-refractivity contribution in [3.05, 3.63) is 11.7 Å². The summed E-state index contributed by atoms with van der Waals surface area (Å²) in [4.78, 5) is 8.47. The lowest BCUT2D eigenvalue weighted by Gasteiger charge is -2.28. The third-order valence-electron chi connectivity index (χ3n) is 4.47. The van der Waals surface area contributed by atoms with Gasteiger partial charge in [-0.05, 0) is 31.6 Å². The molecule has 2 rings (SSSR count). The molecular weight excluding hydrogens is 393 g/mol. The van der Waals surface area contributed by atoms with Crippen LogP contribution in [0.2, 0.25) is 0 Å². The van der Waals surface area contributed by atoms with Crippen LogP contribution >= 0.6 is 24.0 Å². The molecule has 7 heteroatoms. The summed E-state index contributed by atoms with van der Waals surface area (Å²) in [5, 5.41) is 10.6. The van der Waals surface area contributed by atoms with Crippen LogP contribution < -0.4 is 10.6 Å². The van der Waals surface area contributed by atoms with Crippen LogP contribution in [0.25, 0.3) is 0 Å². The number of nitrogens with one attached hydrogen (secondary N) is 2. The number of hydrogen-bond donors (Lipinski definition) is 2. The molecule has 1 aromatic heterocycles. The maximum absolute atomic E-state index is 5.09. The zero-order valence-corrected chi connectivity index (χ0v) is 16.1. The molecule has 0 aromatic carbocycles. The van der Waals surface area contributed by atoms with Gasteiger partial charge in [-0.3, -0.25) is 4.99 Å². The second kappa shape index (κ2) is 9.32. The van der Waals surface area contributed by atoms with Gasteiger partial charge in [0.15, 0.2) is 11.8 Å². The summed E-state index contributed by atoms with van der Waals surface area (Å²) < 4.78 is 5.09. The molecule has 1 aromatic rings. The fourth-order valence-electron chi connectivity index (χ4n) is 3.00. The number of halogens is 1. The predicted molar refractivity (Wildman–Crippen MR) is 98.7 cm³/mol. The number of rotatable bonds is 6. The van der Waals surface area contributed by atoms with E-state index in [1.807, 2.05) is 6.92 Å². The van der Waals surface area contributed by atoms with Gasteiger partial charge in [-0.1, -0.05) is 24.9 Å². The monoisotopic (exact) mass is 421 g/mol. The van der Waals surface area contributed by atoms with E-state index in [-0.39, 0.29) is 24.0 Å². The molecule has 0 amide bonds. The second-order valence-corrected chi connectivity index (χ2v) is 5.90. The van der Waals surface area contributed by atoms with Gasteiger partial charge < -0.3 is 15.2 Å². The van der Waals surface area contributed by atoms with Crippen molar-refractivity contribution in [1.29, 1.82) is 0 Å². The van der Waals surface area contributed by atoms with Gasteiger partial charge in [0.2, 0.25) is 5.89 Å².